The number of nitrogens with one attached hydrogen (secondary N) is 1. The number of ether oxygens (including phenoxy) is 1. The molecule has 0 saturated carbocycles. The van der Waals surface area contributed by atoms with Gasteiger partial charge in [-0.05, 0) is 43.3 Å². The lowest BCUT2D eigenvalue weighted by Gasteiger charge is -2.29. The third kappa shape index (κ3) is 4.46. The summed E-state index contributed by atoms with van der Waals surface area (Å²) in [6, 6.07) is 15.3. The Morgan fingerprint density at radius 2 is 1.97 bits per heavy atom. The van der Waals surface area contributed by atoms with Crippen molar-refractivity contribution >= 4 is 33.3 Å². The molecule has 0 atom stereocenters. The molecule has 6 nitrogen and oxygen atoms in total. The first-order valence-corrected chi connectivity index (χ1v) is 10.2. The van der Waals surface area contributed by atoms with E-state index in [1.54, 1.807) is 6.20 Å². The first kappa shape index (κ1) is 19.5. The number of hydrogen-bond acceptors (Lipinski definition) is 5. The van der Waals surface area contributed by atoms with Crippen LogP contribution in [0.2, 0.25) is 0 Å². The number of amides is 1. The fourth-order valence-corrected chi connectivity index (χ4v) is 3.72. The van der Waals surface area contributed by atoms with Gasteiger partial charge in [-0.25, -0.2) is 4.98 Å². The molecular weight excluding hydrogens is 432 g/mol. The molecule has 1 aromatic carbocycles. The maximum absolute atomic E-state index is 12.9. The van der Waals surface area contributed by atoms with Gasteiger partial charge in [-0.2, -0.15) is 0 Å². The lowest BCUT2D eigenvalue weighted by atomic mass is 10.1. The van der Waals surface area contributed by atoms with Gasteiger partial charge >= 0.3 is 0 Å². The molecule has 3 aromatic rings. The van der Waals surface area contributed by atoms with E-state index in [9.17, 15) is 4.79 Å². The monoisotopic (exact) mass is 452 g/mol. The minimum absolute atomic E-state index is 0.196. The molecule has 1 fully saturated rings. The van der Waals surface area contributed by atoms with E-state index in [1.165, 1.54) is 0 Å². The summed E-state index contributed by atoms with van der Waals surface area (Å²) in [4.78, 5) is 24.2. The number of benzene rings is 1. The molecule has 1 amide bonds. The predicted octanol–water partition coefficient (Wildman–Crippen LogP) is 4.30. The molecule has 0 aliphatic carbocycles. The molecule has 3 heterocycles. The first-order chi connectivity index (χ1) is 14.1. The van der Waals surface area contributed by atoms with E-state index >= 15 is 0 Å². The van der Waals surface area contributed by atoms with E-state index in [0.717, 1.165) is 34.6 Å². The fourth-order valence-electron chi connectivity index (χ4n) is 3.32. The third-order valence-corrected chi connectivity index (χ3v) is 5.29. The molecule has 1 N–H and O–H groups in total. The second-order valence-corrected chi connectivity index (χ2v) is 7.68. The number of aromatic nitrogens is 2. The number of carbonyl (C=O) groups is 1. The van der Waals surface area contributed by atoms with E-state index in [-0.39, 0.29) is 5.91 Å². The highest BCUT2D eigenvalue weighted by Crippen LogP contribution is 2.26. The lowest BCUT2D eigenvalue weighted by Crippen LogP contribution is -2.37. The number of aryl methyl sites for hydroxylation is 1. The number of rotatable bonds is 4. The minimum Gasteiger partial charge on any atom is -0.378 e. The second-order valence-electron chi connectivity index (χ2n) is 6.77. The molecule has 1 aliphatic rings. The molecule has 0 radical (unpaired) electrons. The highest BCUT2D eigenvalue weighted by molar-refractivity contribution is 9.10. The van der Waals surface area contributed by atoms with E-state index in [4.69, 9.17) is 4.74 Å². The molecule has 2 aromatic heterocycles. The second kappa shape index (κ2) is 8.71. The molecule has 29 heavy (non-hydrogen) atoms. The van der Waals surface area contributed by atoms with Gasteiger partial charge in [0.1, 0.15) is 0 Å². The summed E-state index contributed by atoms with van der Waals surface area (Å²) in [6.07, 6.45) is 1.74. The number of carbonyl (C=O) groups excluding carboxylic acids is 1. The van der Waals surface area contributed by atoms with Crippen molar-refractivity contribution in [2.24, 2.45) is 0 Å². The summed E-state index contributed by atoms with van der Waals surface area (Å²) in [5.41, 5.74) is 3.74. The predicted molar refractivity (Wildman–Crippen MR) is 117 cm³/mol. The van der Waals surface area contributed by atoms with E-state index in [2.05, 4.69) is 36.1 Å². The standard InChI is InChI=1S/C22H21BrN4O2/c1-15-18(7-8-19(25-15)16-4-2-5-17(23)14-16)22(28)26-20-6-3-9-24-21(20)27-10-12-29-13-11-27/h2-9,14H,10-13H2,1H3,(H,26,28). The zero-order valence-corrected chi connectivity index (χ0v) is 17.6. The van der Waals surface area contributed by atoms with E-state index in [0.29, 0.717) is 30.2 Å². The highest BCUT2D eigenvalue weighted by atomic mass is 79.9. The Balaban J connectivity index is 1.56. The van der Waals surface area contributed by atoms with Crippen molar-refractivity contribution in [3.8, 4) is 11.3 Å². The SMILES string of the molecule is Cc1nc(-c2cccc(Br)c2)ccc1C(=O)Nc1cccnc1N1CCOCC1. The van der Waals surface area contributed by atoms with Crippen molar-refractivity contribution < 1.29 is 9.53 Å². The van der Waals surface area contributed by atoms with Gasteiger partial charge in [0.25, 0.3) is 5.91 Å². The summed E-state index contributed by atoms with van der Waals surface area (Å²) in [5.74, 6) is 0.568. The summed E-state index contributed by atoms with van der Waals surface area (Å²) in [6.45, 7) is 4.67. The van der Waals surface area contributed by atoms with Crippen molar-refractivity contribution in [3.05, 3.63) is 70.5 Å². The fraction of sp³-hybridized carbons (Fsp3) is 0.227. The lowest BCUT2D eigenvalue weighted by molar-refractivity contribution is 0.102. The Morgan fingerprint density at radius 3 is 2.72 bits per heavy atom. The Kier molecular flexibility index (Phi) is 5.87. The van der Waals surface area contributed by atoms with Crippen molar-refractivity contribution in [1.82, 2.24) is 9.97 Å². The van der Waals surface area contributed by atoms with Gasteiger partial charge in [-0.1, -0.05) is 28.1 Å². The maximum atomic E-state index is 12.9. The molecule has 0 unspecified atom stereocenters. The van der Waals surface area contributed by atoms with Crippen LogP contribution >= 0.6 is 15.9 Å². The largest absolute Gasteiger partial charge is 0.378 e. The van der Waals surface area contributed by atoms with Gasteiger partial charge in [0, 0.05) is 29.3 Å². The Labute approximate surface area is 178 Å². The summed E-state index contributed by atoms with van der Waals surface area (Å²) in [5, 5.41) is 3.00. The van der Waals surface area contributed by atoms with Crippen LogP contribution in [0, 0.1) is 6.92 Å². The topological polar surface area (TPSA) is 67.4 Å². The molecule has 1 aliphatic heterocycles. The van der Waals surface area contributed by atoms with Crippen molar-refractivity contribution in [2.45, 2.75) is 6.92 Å². The van der Waals surface area contributed by atoms with Gasteiger partial charge in [0.05, 0.1) is 35.9 Å². The van der Waals surface area contributed by atoms with Crippen molar-refractivity contribution in [2.75, 3.05) is 36.5 Å². The molecule has 4 rings (SSSR count). The van der Waals surface area contributed by atoms with Crippen LogP contribution in [0.15, 0.2) is 59.2 Å². The molecular formula is C22H21BrN4O2. The van der Waals surface area contributed by atoms with Crippen LogP contribution < -0.4 is 10.2 Å². The van der Waals surface area contributed by atoms with Gasteiger partial charge in [-0.15, -0.1) is 0 Å². The summed E-state index contributed by atoms with van der Waals surface area (Å²) >= 11 is 3.48. The zero-order valence-electron chi connectivity index (χ0n) is 16.1. The van der Waals surface area contributed by atoms with Crippen LogP contribution in [-0.2, 0) is 4.74 Å². The third-order valence-electron chi connectivity index (χ3n) is 4.80. The van der Waals surface area contributed by atoms with Crippen LogP contribution in [-0.4, -0.2) is 42.2 Å². The number of morpholine rings is 1. The van der Waals surface area contributed by atoms with Gasteiger partial charge < -0.3 is 15.0 Å². The van der Waals surface area contributed by atoms with Crippen LogP contribution in [0.4, 0.5) is 11.5 Å². The Hall–Kier alpha value is -2.77. The molecule has 0 bridgehead atoms. The normalized spacial score (nSPS) is 13.9. The first-order valence-electron chi connectivity index (χ1n) is 9.44. The Morgan fingerprint density at radius 1 is 1.14 bits per heavy atom. The molecule has 7 heteroatoms. The van der Waals surface area contributed by atoms with Crippen LogP contribution in [0.1, 0.15) is 16.1 Å². The summed E-state index contributed by atoms with van der Waals surface area (Å²) in [7, 11) is 0. The number of anilines is 2. The number of nitrogens with zero attached hydrogens (tertiary/aromatic N) is 3. The van der Waals surface area contributed by atoms with Crippen LogP contribution in [0.5, 0.6) is 0 Å². The maximum Gasteiger partial charge on any atom is 0.257 e. The van der Waals surface area contributed by atoms with Crippen molar-refractivity contribution in [1.29, 1.82) is 0 Å². The average molecular weight is 453 g/mol. The molecule has 1 saturated heterocycles. The van der Waals surface area contributed by atoms with E-state index < -0.39 is 0 Å². The molecule has 148 valence electrons. The minimum atomic E-state index is -0.196. The molecule has 0 spiro atoms. The van der Waals surface area contributed by atoms with E-state index in [1.807, 2.05) is 55.5 Å². The van der Waals surface area contributed by atoms with Crippen LogP contribution in [0.25, 0.3) is 11.3 Å². The Bertz CT molecular complexity index is 1030. The van der Waals surface area contributed by atoms with Gasteiger partial charge in [-0.3, -0.25) is 9.78 Å². The quantitative estimate of drug-likeness (QED) is 0.638. The highest BCUT2D eigenvalue weighted by Gasteiger charge is 2.19. The smallest absolute Gasteiger partial charge is 0.257 e. The van der Waals surface area contributed by atoms with Gasteiger partial charge in [0.15, 0.2) is 5.82 Å². The van der Waals surface area contributed by atoms with Crippen molar-refractivity contribution in [3.63, 3.8) is 0 Å². The van der Waals surface area contributed by atoms with Crippen LogP contribution in [0.3, 0.4) is 0 Å². The van der Waals surface area contributed by atoms with Gasteiger partial charge in [0.2, 0.25) is 0 Å². The average Bonchev–Trinajstić information content (AvgIpc) is 2.74. The number of pyridine rings is 2. The zero-order chi connectivity index (χ0) is 20.2. The summed E-state index contributed by atoms with van der Waals surface area (Å²) < 4.78 is 6.40. The number of hydrogen-bond donors (Lipinski definition) is 1. The number of halogens is 1.